The van der Waals surface area contributed by atoms with E-state index in [0.29, 0.717) is 55.5 Å². The summed E-state index contributed by atoms with van der Waals surface area (Å²) in [5, 5.41) is 14.5. The Morgan fingerprint density at radius 1 is 0.605 bits per heavy atom. The van der Waals surface area contributed by atoms with E-state index >= 15 is 0 Å². The Labute approximate surface area is 470 Å². The molecule has 0 spiro atoms. The molecule has 21 nitrogen and oxygen atoms in total. The van der Waals surface area contributed by atoms with Crippen molar-refractivity contribution in [2.45, 2.75) is 129 Å². The molecule has 0 radical (unpaired) electrons. The Balaban J connectivity index is 0.000000153. The number of hydrogen-bond acceptors (Lipinski definition) is 13. The van der Waals surface area contributed by atoms with Gasteiger partial charge in [0.1, 0.15) is 22.5 Å². The Hall–Kier alpha value is -7.88. The van der Waals surface area contributed by atoms with Gasteiger partial charge in [0.2, 0.25) is 0 Å². The number of imidazole rings is 2. The Morgan fingerprint density at radius 3 is 1.48 bits per heavy atom. The Kier molecular flexibility index (Phi) is 15.7. The summed E-state index contributed by atoms with van der Waals surface area (Å²) in [5.41, 5.74) is 24.8. The topological polar surface area (TPSA) is 275 Å². The number of carboxylic acid groups (broad SMARTS) is 1. The fourth-order valence-corrected chi connectivity index (χ4v) is 10.8. The lowest BCUT2D eigenvalue weighted by molar-refractivity contribution is 0.0164. The van der Waals surface area contributed by atoms with Crippen molar-refractivity contribution in [1.29, 1.82) is 0 Å². The van der Waals surface area contributed by atoms with E-state index in [4.69, 9.17) is 36.6 Å². The van der Waals surface area contributed by atoms with E-state index in [2.05, 4.69) is 53.3 Å². The van der Waals surface area contributed by atoms with Crippen LogP contribution >= 0.6 is 0 Å². The number of rotatable bonds is 9. The number of carboxylic acids is 1. The molecular weight excluding hydrogens is 1030 g/mol. The highest BCUT2D eigenvalue weighted by atomic mass is 16.6. The third kappa shape index (κ3) is 13.2. The summed E-state index contributed by atoms with van der Waals surface area (Å²) < 4.78 is 19.4. The van der Waals surface area contributed by atoms with Gasteiger partial charge in [0.15, 0.2) is 11.6 Å². The number of pyridine rings is 2. The summed E-state index contributed by atoms with van der Waals surface area (Å²) in [6.07, 6.45) is 9.27. The summed E-state index contributed by atoms with van der Waals surface area (Å²) in [4.78, 5) is 71.0. The van der Waals surface area contributed by atoms with Crippen molar-refractivity contribution in [2.75, 3.05) is 26.2 Å². The lowest BCUT2D eigenvalue weighted by atomic mass is 10.0. The van der Waals surface area contributed by atoms with Crippen molar-refractivity contribution >= 4 is 68.2 Å². The number of nitrogens with zero attached hydrogens (tertiary/aromatic N) is 10. The molecule has 0 unspecified atom stereocenters. The third-order valence-electron chi connectivity index (χ3n) is 15.0. The largest absolute Gasteiger partial charge is 0.478 e. The zero-order valence-electron chi connectivity index (χ0n) is 47.6. The van der Waals surface area contributed by atoms with Crippen molar-refractivity contribution in [1.82, 2.24) is 53.3 Å². The minimum absolute atomic E-state index is 0.0405. The molecule has 6 aromatic heterocycles. The number of amides is 3. The van der Waals surface area contributed by atoms with E-state index in [1.807, 2.05) is 109 Å². The zero-order valence-corrected chi connectivity index (χ0v) is 47.6. The zero-order chi connectivity index (χ0) is 57.7. The van der Waals surface area contributed by atoms with Crippen LogP contribution in [0.1, 0.15) is 101 Å². The summed E-state index contributed by atoms with van der Waals surface area (Å²) in [6.45, 7) is 14.7. The number of ether oxygens (including phenoxy) is 2. The van der Waals surface area contributed by atoms with Gasteiger partial charge < -0.3 is 65.2 Å². The molecule has 4 aliphatic rings. The molecule has 2 aliphatic heterocycles. The minimum Gasteiger partial charge on any atom is -0.478 e. The summed E-state index contributed by atoms with van der Waals surface area (Å²) in [7, 11) is 3.98. The second-order valence-electron chi connectivity index (χ2n) is 24.4. The number of fused-ring (bicyclic) bond motifs is 4. The van der Waals surface area contributed by atoms with Crippen LogP contribution < -0.4 is 22.5 Å². The van der Waals surface area contributed by atoms with Crippen LogP contribution in [-0.4, -0.2) is 139 Å². The van der Waals surface area contributed by atoms with Gasteiger partial charge >= 0.3 is 18.2 Å². The third-order valence-corrected chi connectivity index (χ3v) is 15.0. The summed E-state index contributed by atoms with van der Waals surface area (Å²) in [6, 6.07) is 22.4. The molecule has 2 aromatic carbocycles. The fraction of sp³-hybridized carbons (Fsp3) is 0.467. The Morgan fingerprint density at radius 2 is 1.04 bits per heavy atom. The van der Waals surface area contributed by atoms with Gasteiger partial charge in [-0.3, -0.25) is 4.79 Å². The Bertz CT molecular complexity index is 3640. The fourth-order valence-electron chi connectivity index (χ4n) is 10.8. The van der Waals surface area contributed by atoms with Gasteiger partial charge in [-0.2, -0.15) is 0 Å². The lowest BCUT2D eigenvalue weighted by Gasteiger charge is -2.37. The smallest absolute Gasteiger partial charge is 0.410 e. The average molecular weight is 1110 g/mol. The highest BCUT2D eigenvalue weighted by molar-refractivity contribution is 5.98. The molecule has 4 fully saturated rings. The number of aromatic nitrogens is 8. The molecule has 3 amide bonds. The molecule has 8 aromatic rings. The molecular formula is C60H76N14O7. The van der Waals surface area contributed by atoms with Crippen LogP contribution in [0.15, 0.2) is 85.2 Å². The van der Waals surface area contributed by atoms with Crippen LogP contribution in [0.25, 0.3) is 67.2 Å². The standard InChI is InChI=1S/C30H37N7O3.C20H18N4O2.C10H21N3O2/c1-30(2,3)40-29(39)36-16-21(31)14-22(17-36)33-28(38)20-9-10-24-23(12-20)34-27(35(24)4)25-13-19-6-5-11-32-26(19)37(25)15-18-7-8-18;1-23-16-7-6-14(20(25)26)9-15(16)22-19(23)17-10-13-3-2-8-21-18(13)24(17)11-12-4-5-12;1-10(2,3)15-9(14)13-5-7(11)4-8(12)6-13/h5-6,9-13,18,21-22H,7-8,14-17,31H2,1-4H3,(H,33,38);2-3,6-10,12H,4-5,11H2,1H3,(H,25,26);7-8H,4-6,11-12H2,1-3H3/t21-,22+;;7-,8+/m1../s1. The van der Waals surface area contributed by atoms with Crippen LogP contribution in [0.4, 0.5) is 9.59 Å². The van der Waals surface area contributed by atoms with Crippen LogP contribution in [0.5, 0.6) is 0 Å². The first-order chi connectivity index (χ1) is 38.4. The monoisotopic (exact) mass is 1100 g/mol. The van der Waals surface area contributed by atoms with Crippen molar-refractivity contribution in [3.63, 3.8) is 0 Å². The molecule has 12 rings (SSSR count). The molecule has 8 heterocycles. The van der Waals surface area contributed by atoms with Gasteiger partial charge in [0, 0.05) is 106 Å². The molecule has 21 heteroatoms. The first-order valence-corrected chi connectivity index (χ1v) is 28.0. The molecule has 2 saturated carbocycles. The number of aryl methyl sites for hydroxylation is 2. The maximum absolute atomic E-state index is 13.3. The number of carbonyl (C=O) groups is 4. The number of aromatic carboxylic acids is 1. The highest BCUT2D eigenvalue weighted by Gasteiger charge is 2.34. The van der Waals surface area contributed by atoms with Gasteiger partial charge in [-0.15, -0.1) is 0 Å². The second kappa shape index (κ2) is 22.6. The number of carbonyl (C=O) groups excluding carboxylic acids is 3. The number of piperidine rings is 2. The maximum atomic E-state index is 13.3. The summed E-state index contributed by atoms with van der Waals surface area (Å²) >= 11 is 0. The molecule has 0 bridgehead atoms. The molecule has 81 heavy (non-hydrogen) atoms. The maximum Gasteiger partial charge on any atom is 0.410 e. The first-order valence-electron chi connectivity index (χ1n) is 28.0. The number of nitrogens with two attached hydrogens (primary N) is 3. The van der Waals surface area contributed by atoms with E-state index in [1.54, 1.807) is 21.9 Å². The van der Waals surface area contributed by atoms with E-state index in [1.165, 1.54) is 25.7 Å². The van der Waals surface area contributed by atoms with Crippen LogP contribution in [0.2, 0.25) is 0 Å². The SMILES string of the molecule is CC(C)(C)OC(=O)N1C[C@H](N)C[C@H](N)C1.Cn1c(-c2cc3cccnc3n2CC2CC2)nc2cc(C(=O)N[C@H]3C[C@@H](N)CN(C(=O)OC(C)(C)C)C3)ccc21.Cn1c(-c2cc3cccnc3n2CC2CC2)nc2cc(C(=O)O)ccc21. The predicted molar refractivity (Wildman–Crippen MR) is 311 cm³/mol. The predicted octanol–water partition coefficient (Wildman–Crippen LogP) is 8.05. The quantitative estimate of drug-likeness (QED) is 0.0915. The van der Waals surface area contributed by atoms with Gasteiger partial charge in [-0.25, -0.2) is 34.3 Å². The minimum atomic E-state index is -0.939. The van der Waals surface area contributed by atoms with E-state index in [9.17, 15) is 24.3 Å². The van der Waals surface area contributed by atoms with E-state index in [0.717, 1.165) is 81.2 Å². The van der Waals surface area contributed by atoms with Gasteiger partial charge in [-0.05, 0) is 165 Å². The van der Waals surface area contributed by atoms with Crippen molar-refractivity contribution in [3.05, 3.63) is 96.3 Å². The van der Waals surface area contributed by atoms with E-state index in [-0.39, 0.29) is 41.7 Å². The highest BCUT2D eigenvalue weighted by Crippen LogP contribution is 2.38. The van der Waals surface area contributed by atoms with Crippen molar-refractivity contribution < 1.29 is 33.8 Å². The number of nitrogens with one attached hydrogen (secondary N) is 1. The second-order valence-corrected chi connectivity index (χ2v) is 24.4. The first kappa shape index (κ1) is 56.4. The number of benzene rings is 2. The van der Waals surface area contributed by atoms with E-state index < -0.39 is 23.3 Å². The van der Waals surface area contributed by atoms with Crippen LogP contribution in [0, 0.1) is 11.8 Å². The average Bonchev–Trinajstić information content (AvgIpc) is 4.45. The number of hydrogen-bond donors (Lipinski definition) is 5. The van der Waals surface area contributed by atoms with Crippen LogP contribution in [-0.2, 0) is 36.7 Å². The summed E-state index contributed by atoms with van der Waals surface area (Å²) in [5.74, 6) is 1.91. The van der Waals surface area contributed by atoms with Gasteiger partial charge in [0.25, 0.3) is 5.91 Å². The van der Waals surface area contributed by atoms with Gasteiger partial charge in [-0.1, -0.05) is 0 Å². The molecule has 8 N–H and O–H groups in total. The van der Waals surface area contributed by atoms with Crippen molar-refractivity contribution in [3.8, 4) is 23.0 Å². The van der Waals surface area contributed by atoms with Crippen molar-refractivity contribution in [2.24, 2.45) is 43.1 Å². The van der Waals surface area contributed by atoms with Gasteiger partial charge in [0.05, 0.1) is 39.0 Å². The molecule has 2 saturated heterocycles. The lowest BCUT2D eigenvalue weighted by Crippen LogP contribution is -2.57. The molecule has 2 aliphatic carbocycles. The molecule has 4 atom stereocenters. The van der Waals surface area contributed by atoms with Crippen LogP contribution in [0.3, 0.4) is 0 Å². The molecule has 428 valence electrons. The normalized spacial score (nSPS) is 19.5. The number of likely N-dealkylation sites (tertiary alicyclic amines) is 2.